The Morgan fingerprint density at radius 2 is 2.27 bits per heavy atom. The average Bonchev–Trinajstić information content (AvgIpc) is 2.69. The Labute approximate surface area is 93.4 Å². The largest absolute Gasteiger partial charge is 0.298 e. The van der Waals surface area contributed by atoms with Gasteiger partial charge in [0.05, 0.1) is 6.04 Å². The molecule has 84 valence electrons. The third-order valence-electron chi connectivity index (χ3n) is 1.92. The molecule has 0 fully saturated rings. The molecule has 0 aliphatic carbocycles. The number of sulfonamides is 1. The number of carbonyl (C=O) groups is 1. The molecule has 1 aromatic heterocycles. The van der Waals surface area contributed by atoms with Crippen molar-refractivity contribution in [3.63, 3.8) is 0 Å². The topological polar surface area (TPSA) is 63.2 Å². The zero-order chi connectivity index (χ0) is 11.5. The zero-order valence-electron chi connectivity index (χ0n) is 8.56. The minimum Gasteiger partial charge on any atom is -0.298 e. The molecule has 1 N–H and O–H groups in total. The highest BCUT2D eigenvalue weighted by atomic mass is 32.2. The molecule has 0 saturated heterocycles. The quantitative estimate of drug-likeness (QED) is 0.855. The number of hydrogen-bond acceptors (Lipinski definition) is 4. The molecular formula is C9H13NO3S2. The molecule has 0 amide bonds. The van der Waals surface area contributed by atoms with E-state index in [-0.39, 0.29) is 9.99 Å². The first kappa shape index (κ1) is 12.4. The van der Waals surface area contributed by atoms with Crippen LogP contribution in [0.15, 0.2) is 21.7 Å². The number of Topliss-reactive ketones (excluding diaryl/α,β-unsaturated/α-hetero) is 1. The number of nitrogens with one attached hydrogen (secondary N) is 1. The first-order valence-corrected chi connectivity index (χ1v) is 6.92. The van der Waals surface area contributed by atoms with Gasteiger partial charge in [0.2, 0.25) is 0 Å². The van der Waals surface area contributed by atoms with Gasteiger partial charge in [0.1, 0.15) is 9.99 Å². The smallest absolute Gasteiger partial charge is 0.250 e. The fraction of sp³-hybridized carbons (Fsp3) is 0.444. The fourth-order valence-corrected chi connectivity index (χ4v) is 3.32. The second-order valence-corrected chi connectivity index (χ2v) is 5.98. The molecule has 1 unspecified atom stereocenters. The summed E-state index contributed by atoms with van der Waals surface area (Å²) in [6.07, 6.45) is 0.328. The van der Waals surface area contributed by atoms with E-state index >= 15 is 0 Å². The lowest BCUT2D eigenvalue weighted by atomic mass is 10.2. The van der Waals surface area contributed by atoms with Crippen LogP contribution < -0.4 is 4.72 Å². The highest BCUT2D eigenvalue weighted by Gasteiger charge is 2.21. The van der Waals surface area contributed by atoms with Crippen LogP contribution in [0.3, 0.4) is 0 Å². The summed E-state index contributed by atoms with van der Waals surface area (Å²) < 4.78 is 25.9. The minimum atomic E-state index is -3.52. The van der Waals surface area contributed by atoms with Crippen LogP contribution in [0.4, 0.5) is 0 Å². The summed E-state index contributed by atoms with van der Waals surface area (Å²) in [7, 11) is -3.52. The summed E-state index contributed by atoms with van der Waals surface area (Å²) in [6, 6.07) is 2.50. The van der Waals surface area contributed by atoms with Crippen LogP contribution >= 0.6 is 11.3 Å². The molecule has 0 saturated carbocycles. The fourth-order valence-electron chi connectivity index (χ4n) is 1.08. The van der Waals surface area contributed by atoms with Crippen molar-refractivity contribution in [2.75, 3.05) is 0 Å². The van der Waals surface area contributed by atoms with E-state index in [9.17, 15) is 13.2 Å². The maximum Gasteiger partial charge on any atom is 0.250 e. The highest BCUT2D eigenvalue weighted by Crippen LogP contribution is 2.15. The Morgan fingerprint density at radius 1 is 1.60 bits per heavy atom. The number of thiophene rings is 1. The number of hydrogen-bond donors (Lipinski definition) is 1. The molecule has 0 aromatic carbocycles. The Bertz CT molecular complexity index is 422. The van der Waals surface area contributed by atoms with Crippen molar-refractivity contribution in [3.05, 3.63) is 17.5 Å². The van der Waals surface area contributed by atoms with E-state index in [0.29, 0.717) is 6.42 Å². The molecule has 1 rings (SSSR count). The Hall–Kier alpha value is -0.720. The van der Waals surface area contributed by atoms with Crippen molar-refractivity contribution < 1.29 is 13.2 Å². The monoisotopic (exact) mass is 247 g/mol. The van der Waals surface area contributed by atoms with Crippen molar-refractivity contribution in [2.24, 2.45) is 0 Å². The molecule has 15 heavy (non-hydrogen) atoms. The maximum absolute atomic E-state index is 11.7. The molecule has 0 radical (unpaired) electrons. The predicted octanol–water partition coefficient (Wildman–Crippen LogP) is 1.39. The van der Waals surface area contributed by atoms with Gasteiger partial charge in [0, 0.05) is 6.42 Å². The van der Waals surface area contributed by atoms with Crippen molar-refractivity contribution in [3.8, 4) is 0 Å². The normalized spacial score (nSPS) is 13.7. The molecule has 0 bridgehead atoms. The van der Waals surface area contributed by atoms with Gasteiger partial charge in [-0.3, -0.25) is 4.79 Å². The molecule has 1 heterocycles. The van der Waals surface area contributed by atoms with Gasteiger partial charge in [0.25, 0.3) is 10.0 Å². The van der Waals surface area contributed by atoms with Crippen LogP contribution in [0.1, 0.15) is 20.3 Å². The van der Waals surface area contributed by atoms with Crippen LogP contribution in [0.2, 0.25) is 0 Å². The Kier molecular flexibility index (Phi) is 4.01. The molecule has 0 spiro atoms. The van der Waals surface area contributed by atoms with Gasteiger partial charge < -0.3 is 0 Å². The van der Waals surface area contributed by atoms with Crippen molar-refractivity contribution in [2.45, 2.75) is 30.5 Å². The average molecular weight is 247 g/mol. The molecular weight excluding hydrogens is 234 g/mol. The van der Waals surface area contributed by atoms with Gasteiger partial charge >= 0.3 is 0 Å². The predicted molar refractivity (Wildman–Crippen MR) is 59.4 cm³/mol. The van der Waals surface area contributed by atoms with Gasteiger partial charge in [-0.15, -0.1) is 11.3 Å². The molecule has 0 aliphatic rings. The van der Waals surface area contributed by atoms with Crippen LogP contribution in [-0.4, -0.2) is 20.2 Å². The lowest BCUT2D eigenvalue weighted by Gasteiger charge is -2.10. The maximum atomic E-state index is 11.7. The van der Waals surface area contributed by atoms with E-state index in [1.165, 1.54) is 6.07 Å². The van der Waals surface area contributed by atoms with Gasteiger partial charge in [-0.05, 0) is 18.4 Å². The third kappa shape index (κ3) is 3.12. The molecule has 0 aliphatic heterocycles. The third-order valence-corrected chi connectivity index (χ3v) is 4.86. The summed E-state index contributed by atoms with van der Waals surface area (Å²) in [5.41, 5.74) is 0. The number of rotatable bonds is 5. The number of carbonyl (C=O) groups excluding carboxylic acids is 1. The van der Waals surface area contributed by atoms with Crippen LogP contribution in [0.5, 0.6) is 0 Å². The van der Waals surface area contributed by atoms with Gasteiger partial charge in [-0.1, -0.05) is 13.0 Å². The summed E-state index contributed by atoms with van der Waals surface area (Å²) >= 11 is 1.13. The van der Waals surface area contributed by atoms with Gasteiger partial charge in [-0.2, -0.15) is 0 Å². The lowest BCUT2D eigenvalue weighted by molar-refractivity contribution is -0.119. The second kappa shape index (κ2) is 4.87. The second-order valence-electron chi connectivity index (χ2n) is 3.09. The lowest BCUT2D eigenvalue weighted by Crippen LogP contribution is -2.37. The van der Waals surface area contributed by atoms with Crippen LogP contribution in [-0.2, 0) is 14.8 Å². The first-order chi connectivity index (χ1) is 6.97. The minimum absolute atomic E-state index is 0.116. The van der Waals surface area contributed by atoms with E-state index in [4.69, 9.17) is 0 Å². The Balaban J connectivity index is 2.78. The summed E-state index contributed by atoms with van der Waals surface area (Å²) in [6.45, 7) is 3.26. The van der Waals surface area contributed by atoms with Crippen molar-refractivity contribution >= 4 is 27.1 Å². The Morgan fingerprint density at radius 3 is 2.73 bits per heavy atom. The molecule has 4 nitrogen and oxygen atoms in total. The van der Waals surface area contributed by atoms with E-state index in [1.807, 2.05) is 0 Å². The highest BCUT2D eigenvalue weighted by molar-refractivity contribution is 7.91. The van der Waals surface area contributed by atoms with Crippen LogP contribution in [0, 0.1) is 0 Å². The SMILES string of the molecule is CCC(=O)C(C)NS(=O)(=O)c1cccs1. The first-order valence-electron chi connectivity index (χ1n) is 4.56. The summed E-state index contributed by atoms with van der Waals surface area (Å²) in [5.74, 6) is -0.116. The molecule has 6 heteroatoms. The number of ketones is 1. The van der Waals surface area contributed by atoms with Gasteiger partial charge in [-0.25, -0.2) is 13.1 Å². The molecule has 1 aromatic rings. The molecule has 1 atom stereocenters. The van der Waals surface area contributed by atoms with Crippen molar-refractivity contribution in [1.29, 1.82) is 0 Å². The zero-order valence-corrected chi connectivity index (χ0v) is 10.2. The summed E-state index contributed by atoms with van der Waals surface area (Å²) in [5, 5.41) is 1.68. The van der Waals surface area contributed by atoms with Crippen molar-refractivity contribution in [1.82, 2.24) is 4.72 Å². The van der Waals surface area contributed by atoms with E-state index < -0.39 is 16.1 Å². The summed E-state index contributed by atoms with van der Waals surface area (Å²) in [4.78, 5) is 11.2. The standard InChI is InChI=1S/C9H13NO3S2/c1-3-8(11)7(2)10-15(12,13)9-5-4-6-14-9/h4-7,10H,3H2,1-2H3. The van der Waals surface area contributed by atoms with E-state index in [1.54, 1.807) is 25.3 Å². The van der Waals surface area contributed by atoms with E-state index in [0.717, 1.165) is 11.3 Å². The van der Waals surface area contributed by atoms with E-state index in [2.05, 4.69) is 4.72 Å². The van der Waals surface area contributed by atoms with Crippen LogP contribution in [0.25, 0.3) is 0 Å². The van der Waals surface area contributed by atoms with Gasteiger partial charge in [0.15, 0.2) is 0 Å².